The molecule has 0 amide bonds. The van der Waals surface area contributed by atoms with Gasteiger partial charge in [-0.15, -0.1) is 0 Å². The maximum Gasteiger partial charge on any atom is 0.308 e. The second-order valence-corrected chi connectivity index (χ2v) is 10.4. The molecule has 0 aromatic rings. The topological polar surface area (TPSA) is 26.3 Å². The molecule has 28 heavy (non-hydrogen) atoms. The first-order valence-electron chi connectivity index (χ1n) is 12.9. The van der Waals surface area contributed by atoms with Crippen molar-refractivity contribution in [2.45, 2.75) is 117 Å². The Kier molecular flexibility index (Phi) is 9.18. The fourth-order valence-electron chi connectivity index (χ4n) is 6.62. The van der Waals surface area contributed by atoms with Crippen LogP contribution in [0.1, 0.15) is 117 Å². The van der Waals surface area contributed by atoms with Gasteiger partial charge < -0.3 is 4.74 Å². The number of carbonyl (C=O) groups excluding carboxylic acids is 1. The van der Waals surface area contributed by atoms with E-state index in [1.54, 1.807) is 0 Å². The Hall–Kier alpha value is -0.530. The van der Waals surface area contributed by atoms with Crippen LogP contribution in [0.5, 0.6) is 0 Å². The zero-order valence-corrected chi connectivity index (χ0v) is 18.8. The van der Waals surface area contributed by atoms with E-state index in [1.807, 2.05) is 0 Å². The lowest BCUT2D eigenvalue weighted by atomic mass is 9.65. The summed E-state index contributed by atoms with van der Waals surface area (Å²) < 4.78 is 5.52. The number of rotatable bonds is 8. The first-order chi connectivity index (χ1) is 13.7. The minimum atomic E-state index is 0.0981. The van der Waals surface area contributed by atoms with Crippen LogP contribution in [-0.4, -0.2) is 12.6 Å². The molecule has 0 bridgehead atoms. The molecule has 0 atom stereocenters. The van der Waals surface area contributed by atoms with Gasteiger partial charge in [0.2, 0.25) is 0 Å². The third-order valence-corrected chi connectivity index (χ3v) is 8.72. The largest absolute Gasteiger partial charge is 0.465 e. The summed E-state index contributed by atoms with van der Waals surface area (Å²) in [5.41, 5.74) is 0. The maximum atomic E-state index is 12.3. The lowest BCUT2D eigenvalue weighted by Crippen LogP contribution is -2.31. The van der Waals surface area contributed by atoms with Crippen molar-refractivity contribution in [3.05, 3.63) is 0 Å². The monoisotopic (exact) mass is 390 g/mol. The molecule has 0 N–H and O–H groups in total. The molecule has 0 saturated heterocycles. The van der Waals surface area contributed by atoms with E-state index in [4.69, 9.17) is 4.74 Å². The van der Waals surface area contributed by atoms with Crippen molar-refractivity contribution in [1.82, 2.24) is 0 Å². The van der Waals surface area contributed by atoms with Crippen molar-refractivity contribution in [3.63, 3.8) is 0 Å². The Morgan fingerprint density at radius 1 is 0.679 bits per heavy atom. The van der Waals surface area contributed by atoms with Gasteiger partial charge in [-0.2, -0.15) is 0 Å². The smallest absolute Gasteiger partial charge is 0.308 e. The van der Waals surface area contributed by atoms with Crippen molar-refractivity contribution in [2.75, 3.05) is 6.61 Å². The van der Waals surface area contributed by atoms with Gasteiger partial charge in [0.05, 0.1) is 12.5 Å². The van der Waals surface area contributed by atoms with Crippen molar-refractivity contribution in [3.8, 4) is 0 Å². The number of hydrogen-bond acceptors (Lipinski definition) is 2. The van der Waals surface area contributed by atoms with Crippen molar-refractivity contribution in [1.29, 1.82) is 0 Å². The van der Waals surface area contributed by atoms with Gasteiger partial charge in [0.15, 0.2) is 0 Å². The van der Waals surface area contributed by atoms with Crippen LogP contribution in [0.15, 0.2) is 0 Å². The van der Waals surface area contributed by atoms with Gasteiger partial charge in [0, 0.05) is 0 Å². The summed E-state index contributed by atoms with van der Waals surface area (Å²) in [5.74, 6) is 5.24. The average Bonchev–Trinajstić information content (AvgIpc) is 2.77. The van der Waals surface area contributed by atoms with Crippen LogP contribution in [0.2, 0.25) is 0 Å². The molecule has 3 fully saturated rings. The van der Waals surface area contributed by atoms with E-state index in [0.717, 1.165) is 48.9 Å². The van der Waals surface area contributed by atoms with E-state index >= 15 is 0 Å². The molecule has 0 spiro atoms. The van der Waals surface area contributed by atoms with Gasteiger partial charge in [0.25, 0.3) is 0 Å². The quantitative estimate of drug-likeness (QED) is 0.316. The number of esters is 1. The van der Waals surface area contributed by atoms with Crippen molar-refractivity contribution >= 4 is 5.97 Å². The summed E-state index contributed by atoms with van der Waals surface area (Å²) in [6.07, 6.45) is 21.4. The van der Waals surface area contributed by atoms with Gasteiger partial charge in [-0.05, 0) is 100 Å². The normalized spacial score (nSPS) is 36.8. The Morgan fingerprint density at radius 2 is 1.14 bits per heavy atom. The van der Waals surface area contributed by atoms with Crippen molar-refractivity contribution < 1.29 is 9.53 Å². The maximum absolute atomic E-state index is 12.3. The highest BCUT2D eigenvalue weighted by atomic mass is 16.5. The number of carbonyl (C=O) groups is 1. The predicted octanol–water partition coefficient (Wildman–Crippen LogP) is 7.55. The Balaban J connectivity index is 1.32. The zero-order valence-electron chi connectivity index (χ0n) is 18.8. The predicted molar refractivity (Wildman–Crippen MR) is 117 cm³/mol. The minimum Gasteiger partial charge on any atom is -0.465 e. The molecule has 0 aromatic heterocycles. The number of ether oxygens (including phenoxy) is 1. The number of hydrogen-bond donors (Lipinski definition) is 0. The fourth-order valence-corrected chi connectivity index (χ4v) is 6.62. The van der Waals surface area contributed by atoms with Crippen LogP contribution in [-0.2, 0) is 9.53 Å². The molecule has 0 aliphatic heterocycles. The molecule has 2 heteroatoms. The molecular weight excluding hydrogens is 344 g/mol. The summed E-state index contributed by atoms with van der Waals surface area (Å²) in [7, 11) is 0. The molecule has 3 aliphatic rings. The van der Waals surface area contributed by atoms with Crippen LogP contribution < -0.4 is 0 Å². The van der Waals surface area contributed by atoms with Gasteiger partial charge in [-0.1, -0.05) is 46.0 Å². The molecule has 162 valence electrons. The molecule has 3 aliphatic carbocycles. The Bertz CT molecular complexity index is 435. The van der Waals surface area contributed by atoms with E-state index < -0.39 is 0 Å². The van der Waals surface area contributed by atoms with Gasteiger partial charge in [0.1, 0.15) is 0 Å². The van der Waals surface area contributed by atoms with Gasteiger partial charge >= 0.3 is 5.97 Å². The first-order valence-corrected chi connectivity index (χ1v) is 12.9. The summed E-state index contributed by atoms with van der Waals surface area (Å²) in [6, 6.07) is 0. The van der Waals surface area contributed by atoms with E-state index in [0.29, 0.717) is 6.61 Å². The van der Waals surface area contributed by atoms with Crippen LogP contribution in [0.3, 0.4) is 0 Å². The summed E-state index contributed by atoms with van der Waals surface area (Å²) in [6.45, 7) is 5.20. The second kappa shape index (κ2) is 11.6. The zero-order chi connectivity index (χ0) is 19.8. The summed E-state index contributed by atoms with van der Waals surface area (Å²) in [5, 5.41) is 0. The molecule has 3 saturated carbocycles. The summed E-state index contributed by atoms with van der Waals surface area (Å²) in [4.78, 5) is 12.3. The highest BCUT2D eigenvalue weighted by Crippen LogP contribution is 2.46. The SMILES string of the molecule is CCCCCOC(=O)[C@H]1CC[C@@H](C2CCC([C@H]3CC[C@H](CC)CC3)CC2)CC1. The third-order valence-electron chi connectivity index (χ3n) is 8.72. The van der Waals surface area contributed by atoms with E-state index in [1.165, 1.54) is 83.5 Å². The standard InChI is InChI=1S/C26H46O2/c1-3-5-6-19-28-26(27)25-17-15-24(16-18-25)23-13-11-22(12-14-23)21-9-7-20(4-2)8-10-21/h20-25H,3-19H2,1-2H3/t20-,21-,22?,23?,24-,25+. The third kappa shape index (κ3) is 6.23. The highest BCUT2D eigenvalue weighted by molar-refractivity contribution is 5.72. The van der Waals surface area contributed by atoms with E-state index in [2.05, 4.69) is 13.8 Å². The Labute approximate surface area is 174 Å². The number of unbranched alkanes of at least 4 members (excludes halogenated alkanes) is 2. The molecule has 0 aromatic carbocycles. The highest BCUT2D eigenvalue weighted by Gasteiger charge is 2.35. The molecule has 0 heterocycles. The van der Waals surface area contributed by atoms with Crippen LogP contribution >= 0.6 is 0 Å². The molecule has 0 radical (unpaired) electrons. The van der Waals surface area contributed by atoms with Crippen LogP contribution in [0.4, 0.5) is 0 Å². The second-order valence-electron chi connectivity index (χ2n) is 10.4. The van der Waals surface area contributed by atoms with E-state index in [9.17, 15) is 4.79 Å². The molecule has 3 rings (SSSR count). The molecular formula is C26H46O2. The Morgan fingerprint density at radius 3 is 1.61 bits per heavy atom. The van der Waals surface area contributed by atoms with Gasteiger partial charge in [-0.25, -0.2) is 0 Å². The molecule has 2 nitrogen and oxygen atoms in total. The summed E-state index contributed by atoms with van der Waals surface area (Å²) >= 11 is 0. The van der Waals surface area contributed by atoms with Gasteiger partial charge in [-0.3, -0.25) is 4.79 Å². The van der Waals surface area contributed by atoms with E-state index in [-0.39, 0.29) is 11.9 Å². The lowest BCUT2D eigenvalue weighted by molar-refractivity contribution is -0.150. The van der Waals surface area contributed by atoms with Crippen molar-refractivity contribution in [2.24, 2.45) is 35.5 Å². The minimum absolute atomic E-state index is 0.0981. The van der Waals surface area contributed by atoms with Crippen LogP contribution in [0.25, 0.3) is 0 Å². The first kappa shape index (κ1) is 22.2. The average molecular weight is 391 g/mol. The molecule has 0 unspecified atom stereocenters. The fraction of sp³-hybridized carbons (Fsp3) is 0.962. The lowest BCUT2D eigenvalue weighted by Gasteiger charge is -2.41. The van der Waals surface area contributed by atoms with Crippen LogP contribution in [0, 0.1) is 35.5 Å².